The average molecular weight is 439 g/mol. The number of benzene rings is 2. The molecule has 1 unspecified atom stereocenters. The molecule has 0 aliphatic carbocycles. The maximum absolute atomic E-state index is 13.2. The van der Waals surface area contributed by atoms with Crippen molar-refractivity contribution in [3.05, 3.63) is 56.8 Å². The topological polar surface area (TPSA) is 18.5 Å². The number of halogens is 4. The normalized spacial score (nSPS) is 12.1. The van der Waals surface area contributed by atoms with Gasteiger partial charge < -0.3 is 9.47 Å². The molecule has 0 bridgehead atoms. The Labute approximate surface area is 144 Å². The van der Waals surface area contributed by atoms with Gasteiger partial charge in [0.2, 0.25) is 0 Å². The second kappa shape index (κ2) is 6.99. The first-order valence-electron chi connectivity index (χ1n) is 5.98. The van der Waals surface area contributed by atoms with E-state index in [1.165, 1.54) is 12.1 Å². The number of ether oxygens (including phenoxy) is 2. The highest BCUT2D eigenvalue weighted by molar-refractivity contribution is 9.10. The summed E-state index contributed by atoms with van der Waals surface area (Å²) in [5, 5.41) is 0.348. The Bertz CT molecular complexity index is 664. The zero-order valence-electron chi connectivity index (χ0n) is 11.3. The van der Waals surface area contributed by atoms with Crippen LogP contribution in [0.5, 0.6) is 11.5 Å². The summed E-state index contributed by atoms with van der Waals surface area (Å²) in [5.74, 6) is 0.974. The Balaban J connectivity index is 2.53. The molecule has 0 saturated carbocycles. The fourth-order valence-corrected chi connectivity index (χ4v) is 3.61. The third kappa shape index (κ3) is 3.52. The molecule has 1 atom stereocenters. The third-order valence-corrected chi connectivity index (χ3v) is 4.95. The van der Waals surface area contributed by atoms with Crippen LogP contribution in [0.2, 0.25) is 5.02 Å². The molecule has 2 aromatic carbocycles. The molecule has 0 aliphatic rings. The van der Waals surface area contributed by atoms with Crippen molar-refractivity contribution in [1.29, 1.82) is 0 Å². The zero-order chi connectivity index (χ0) is 15.6. The van der Waals surface area contributed by atoms with Crippen LogP contribution in [-0.4, -0.2) is 14.2 Å². The number of hydrogen-bond donors (Lipinski definition) is 0. The van der Waals surface area contributed by atoms with Crippen LogP contribution in [0.4, 0.5) is 4.39 Å². The molecular formula is C15H12Br2ClFO2. The first kappa shape index (κ1) is 16.6. The first-order valence-corrected chi connectivity index (χ1v) is 8.07. The highest BCUT2D eigenvalue weighted by Gasteiger charge is 2.20. The first-order chi connectivity index (χ1) is 9.97. The molecule has 0 saturated heterocycles. The molecule has 0 spiro atoms. The average Bonchev–Trinajstić information content (AvgIpc) is 2.46. The molecule has 2 nitrogen and oxygen atoms in total. The lowest BCUT2D eigenvalue weighted by molar-refractivity contribution is 0.397. The molecule has 0 radical (unpaired) electrons. The van der Waals surface area contributed by atoms with Gasteiger partial charge in [-0.25, -0.2) is 4.39 Å². The van der Waals surface area contributed by atoms with E-state index in [0.717, 1.165) is 15.6 Å². The van der Waals surface area contributed by atoms with Gasteiger partial charge in [-0.05, 0) is 45.8 Å². The summed E-state index contributed by atoms with van der Waals surface area (Å²) >= 11 is 13.1. The molecule has 6 heteroatoms. The molecular weight excluding hydrogens is 426 g/mol. The minimum atomic E-state index is -0.371. The van der Waals surface area contributed by atoms with Crippen LogP contribution >= 0.6 is 43.5 Å². The van der Waals surface area contributed by atoms with Crippen LogP contribution in [0.15, 0.2) is 34.8 Å². The SMILES string of the molecule is COc1cc(C(Br)c2ccc(F)cc2Cl)c(OC)cc1Br. The monoisotopic (exact) mass is 436 g/mol. The fraction of sp³-hybridized carbons (Fsp3) is 0.200. The van der Waals surface area contributed by atoms with Gasteiger partial charge in [0.25, 0.3) is 0 Å². The summed E-state index contributed by atoms with van der Waals surface area (Å²) in [6.45, 7) is 0. The number of rotatable bonds is 4. The maximum Gasteiger partial charge on any atom is 0.133 e. The Morgan fingerprint density at radius 2 is 1.71 bits per heavy atom. The van der Waals surface area contributed by atoms with Gasteiger partial charge in [-0.2, -0.15) is 0 Å². The van der Waals surface area contributed by atoms with Gasteiger partial charge in [0, 0.05) is 10.6 Å². The molecule has 2 rings (SSSR count). The quantitative estimate of drug-likeness (QED) is 0.567. The van der Waals surface area contributed by atoms with E-state index in [1.54, 1.807) is 20.3 Å². The summed E-state index contributed by atoms with van der Waals surface area (Å²) in [5.41, 5.74) is 1.59. The Morgan fingerprint density at radius 1 is 1.05 bits per heavy atom. The largest absolute Gasteiger partial charge is 0.496 e. The highest BCUT2D eigenvalue weighted by Crippen LogP contribution is 2.43. The van der Waals surface area contributed by atoms with Crippen LogP contribution < -0.4 is 9.47 Å². The second-order valence-corrected chi connectivity index (χ2v) is 6.43. The summed E-state index contributed by atoms with van der Waals surface area (Å²) in [6.07, 6.45) is 0. The van der Waals surface area contributed by atoms with Crippen molar-refractivity contribution in [2.24, 2.45) is 0 Å². The highest BCUT2D eigenvalue weighted by atomic mass is 79.9. The second-order valence-electron chi connectivity index (χ2n) is 4.26. The minimum absolute atomic E-state index is 0.248. The molecule has 0 aliphatic heterocycles. The number of alkyl halides is 1. The van der Waals surface area contributed by atoms with Gasteiger partial charge in [0.05, 0.1) is 23.5 Å². The summed E-state index contributed by atoms with van der Waals surface area (Å²) in [6, 6.07) is 7.97. The number of methoxy groups -OCH3 is 2. The number of hydrogen-bond acceptors (Lipinski definition) is 2. The van der Waals surface area contributed by atoms with E-state index in [0.29, 0.717) is 16.5 Å². The lowest BCUT2D eigenvalue weighted by Gasteiger charge is -2.18. The molecule has 0 aromatic heterocycles. The predicted octanol–water partition coefficient (Wildman–Crippen LogP) is 5.74. The lowest BCUT2D eigenvalue weighted by atomic mass is 10.0. The van der Waals surface area contributed by atoms with Gasteiger partial charge in [-0.3, -0.25) is 0 Å². The Kier molecular flexibility index (Phi) is 5.52. The molecule has 0 amide bonds. The maximum atomic E-state index is 13.2. The smallest absolute Gasteiger partial charge is 0.133 e. The molecule has 112 valence electrons. The van der Waals surface area contributed by atoms with Gasteiger partial charge in [-0.15, -0.1) is 0 Å². The fourth-order valence-electron chi connectivity index (χ4n) is 1.96. The molecule has 0 fully saturated rings. The van der Waals surface area contributed by atoms with Crippen LogP contribution in [0, 0.1) is 5.82 Å². The van der Waals surface area contributed by atoms with E-state index in [1.807, 2.05) is 12.1 Å². The minimum Gasteiger partial charge on any atom is -0.496 e. The third-order valence-electron chi connectivity index (χ3n) is 3.01. The van der Waals surface area contributed by atoms with E-state index in [-0.39, 0.29) is 10.6 Å². The van der Waals surface area contributed by atoms with Gasteiger partial charge in [0.15, 0.2) is 0 Å². The van der Waals surface area contributed by atoms with Crippen LogP contribution in [0.1, 0.15) is 16.0 Å². The summed E-state index contributed by atoms with van der Waals surface area (Å²) < 4.78 is 24.7. The van der Waals surface area contributed by atoms with E-state index >= 15 is 0 Å². The Hall–Kier alpha value is -0.780. The van der Waals surface area contributed by atoms with Gasteiger partial charge >= 0.3 is 0 Å². The zero-order valence-corrected chi connectivity index (χ0v) is 15.2. The molecule has 0 N–H and O–H groups in total. The van der Waals surface area contributed by atoms with Crippen molar-refractivity contribution in [2.45, 2.75) is 4.83 Å². The van der Waals surface area contributed by atoms with Crippen molar-refractivity contribution in [3.63, 3.8) is 0 Å². The summed E-state index contributed by atoms with van der Waals surface area (Å²) in [4.78, 5) is -0.248. The lowest BCUT2D eigenvalue weighted by Crippen LogP contribution is -2.00. The van der Waals surface area contributed by atoms with E-state index in [9.17, 15) is 4.39 Å². The predicted molar refractivity (Wildman–Crippen MR) is 89.4 cm³/mol. The van der Waals surface area contributed by atoms with Crippen molar-refractivity contribution in [3.8, 4) is 11.5 Å². The van der Waals surface area contributed by atoms with Crippen molar-refractivity contribution >= 4 is 43.5 Å². The van der Waals surface area contributed by atoms with Gasteiger partial charge in [0.1, 0.15) is 17.3 Å². The van der Waals surface area contributed by atoms with Crippen molar-refractivity contribution in [2.75, 3.05) is 14.2 Å². The van der Waals surface area contributed by atoms with Gasteiger partial charge in [-0.1, -0.05) is 33.6 Å². The molecule has 2 aromatic rings. The van der Waals surface area contributed by atoms with Crippen molar-refractivity contribution < 1.29 is 13.9 Å². The standard InChI is InChI=1S/C15H12Br2ClFO2/c1-20-13-7-11(16)14(21-2)6-10(13)15(17)9-4-3-8(19)5-12(9)18/h3-7,15H,1-2H3. The Morgan fingerprint density at radius 3 is 2.29 bits per heavy atom. The molecule has 21 heavy (non-hydrogen) atoms. The van der Waals surface area contributed by atoms with E-state index in [2.05, 4.69) is 31.9 Å². The van der Waals surface area contributed by atoms with Crippen LogP contribution in [0.3, 0.4) is 0 Å². The van der Waals surface area contributed by atoms with Crippen molar-refractivity contribution in [1.82, 2.24) is 0 Å². The van der Waals surface area contributed by atoms with E-state index < -0.39 is 0 Å². The summed E-state index contributed by atoms with van der Waals surface area (Å²) in [7, 11) is 3.17. The molecule has 0 heterocycles. The van der Waals surface area contributed by atoms with E-state index in [4.69, 9.17) is 21.1 Å². The van der Waals surface area contributed by atoms with Crippen LogP contribution in [-0.2, 0) is 0 Å². The van der Waals surface area contributed by atoms with Crippen LogP contribution in [0.25, 0.3) is 0 Å².